The summed E-state index contributed by atoms with van der Waals surface area (Å²) in [6.07, 6.45) is 0. The molecular weight excluding hydrogens is 241 g/mol. The van der Waals surface area contributed by atoms with E-state index in [1.807, 2.05) is 0 Å². The van der Waals surface area contributed by atoms with Gasteiger partial charge in [0.25, 0.3) is 0 Å². The zero-order valence-electron chi connectivity index (χ0n) is 9.71. The number of hydrogen-bond donors (Lipinski definition) is 0. The number of halogens is 3. The summed E-state index contributed by atoms with van der Waals surface area (Å²) in [5, 5.41) is 0. The molecule has 0 saturated carbocycles. The molecular formula is C14H11F3O. The van der Waals surface area contributed by atoms with Crippen molar-refractivity contribution in [2.24, 2.45) is 0 Å². The molecule has 0 atom stereocenters. The van der Waals surface area contributed by atoms with Gasteiger partial charge in [-0.3, -0.25) is 0 Å². The fraction of sp³-hybridized carbons (Fsp3) is 0.143. The molecule has 0 amide bonds. The van der Waals surface area contributed by atoms with Crippen LogP contribution in [0.1, 0.15) is 11.1 Å². The van der Waals surface area contributed by atoms with Gasteiger partial charge in [0, 0.05) is 5.56 Å². The Morgan fingerprint density at radius 3 is 2.61 bits per heavy atom. The Kier molecular flexibility index (Phi) is 3.55. The lowest BCUT2D eigenvalue weighted by Gasteiger charge is -2.09. The van der Waals surface area contributed by atoms with E-state index in [2.05, 4.69) is 0 Å². The third-order valence-electron chi connectivity index (χ3n) is 2.55. The molecule has 0 radical (unpaired) electrons. The first-order valence-corrected chi connectivity index (χ1v) is 5.40. The van der Waals surface area contributed by atoms with Crippen LogP contribution in [0.4, 0.5) is 13.2 Å². The third-order valence-corrected chi connectivity index (χ3v) is 2.55. The molecule has 0 aliphatic heterocycles. The lowest BCUT2D eigenvalue weighted by molar-refractivity contribution is 0.283. The summed E-state index contributed by atoms with van der Waals surface area (Å²) in [7, 11) is 0. The van der Waals surface area contributed by atoms with Crippen LogP contribution >= 0.6 is 0 Å². The molecule has 94 valence electrons. The van der Waals surface area contributed by atoms with Crippen LogP contribution in [0.5, 0.6) is 5.75 Å². The molecule has 0 N–H and O–H groups in total. The van der Waals surface area contributed by atoms with Gasteiger partial charge in [-0.25, -0.2) is 13.2 Å². The summed E-state index contributed by atoms with van der Waals surface area (Å²) in [6.45, 7) is 1.38. The van der Waals surface area contributed by atoms with Crippen molar-refractivity contribution in [2.45, 2.75) is 13.5 Å². The van der Waals surface area contributed by atoms with Gasteiger partial charge in [-0.05, 0) is 36.8 Å². The van der Waals surface area contributed by atoms with Crippen LogP contribution in [0, 0.1) is 24.4 Å². The van der Waals surface area contributed by atoms with Gasteiger partial charge in [-0.1, -0.05) is 12.1 Å². The minimum absolute atomic E-state index is 0.0265. The average molecular weight is 252 g/mol. The molecule has 0 aliphatic carbocycles. The highest BCUT2D eigenvalue weighted by Gasteiger charge is 2.08. The summed E-state index contributed by atoms with van der Waals surface area (Å²) in [5.74, 6) is -1.60. The zero-order valence-corrected chi connectivity index (χ0v) is 9.71. The van der Waals surface area contributed by atoms with Gasteiger partial charge in [0.2, 0.25) is 0 Å². The molecule has 2 aromatic carbocycles. The van der Waals surface area contributed by atoms with Gasteiger partial charge in [-0.2, -0.15) is 0 Å². The maximum absolute atomic E-state index is 13.6. The number of benzene rings is 2. The zero-order chi connectivity index (χ0) is 13.1. The van der Waals surface area contributed by atoms with Crippen molar-refractivity contribution < 1.29 is 17.9 Å². The van der Waals surface area contributed by atoms with E-state index in [4.69, 9.17) is 4.74 Å². The highest BCUT2D eigenvalue weighted by Crippen LogP contribution is 2.21. The van der Waals surface area contributed by atoms with Gasteiger partial charge in [0.05, 0.1) is 0 Å². The lowest BCUT2D eigenvalue weighted by atomic mass is 10.2. The molecule has 0 unspecified atom stereocenters. The molecule has 0 saturated heterocycles. The van der Waals surface area contributed by atoms with Gasteiger partial charge < -0.3 is 4.74 Å². The van der Waals surface area contributed by atoms with Gasteiger partial charge in [0.15, 0.2) is 11.6 Å². The standard InChI is InChI=1S/C14H11F3O/c1-9-3-2-4-13(14(9)17)18-8-10-7-11(15)5-6-12(10)16/h2-7H,8H2,1H3. The second kappa shape index (κ2) is 5.12. The number of aryl methyl sites for hydroxylation is 1. The van der Waals surface area contributed by atoms with Gasteiger partial charge in [-0.15, -0.1) is 0 Å². The predicted molar refractivity (Wildman–Crippen MR) is 61.8 cm³/mol. The van der Waals surface area contributed by atoms with E-state index in [9.17, 15) is 13.2 Å². The molecule has 18 heavy (non-hydrogen) atoms. The number of hydrogen-bond acceptors (Lipinski definition) is 1. The van der Waals surface area contributed by atoms with E-state index in [0.717, 1.165) is 18.2 Å². The quantitative estimate of drug-likeness (QED) is 0.802. The van der Waals surface area contributed by atoms with E-state index >= 15 is 0 Å². The van der Waals surface area contributed by atoms with Crippen molar-refractivity contribution in [3.63, 3.8) is 0 Å². The Hall–Kier alpha value is -1.97. The van der Waals surface area contributed by atoms with Crippen LogP contribution in [-0.4, -0.2) is 0 Å². The van der Waals surface area contributed by atoms with Crippen molar-refractivity contribution in [3.8, 4) is 5.75 Å². The molecule has 0 heterocycles. The maximum atomic E-state index is 13.6. The van der Waals surface area contributed by atoms with Crippen LogP contribution < -0.4 is 4.74 Å². The Morgan fingerprint density at radius 1 is 1.06 bits per heavy atom. The Labute approximate surface area is 103 Å². The van der Waals surface area contributed by atoms with Crippen molar-refractivity contribution in [1.82, 2.24) is 0 Å². The Balaban J connectivity index is 2.16. The molecule has 1 nitrogen and oxygen atoms in total. The van der Waals surface area contributed by atoms with E-state index < -0.39 is 17.5 Å². The predicted octanol–water partition coefficient (Wildman–Crippen LogP) is 3.99. The Bertz CT molecular complexity index is 565. The first-order chi connectivity index (χ1) is 8.58. The minimum Gasteiger partial charge on any atom is -0.486 e. The third kappa shape index (κ3) is 2.64. The van der Waals surface area contributed by atoms with Gasteiger partial charge in [0.1, 0.15) is 18.2 Å². The van der Waals surface area contributed by atoms with Crippen LogP contribution in [0.25, 0.3) is 0 Å². The second-order valence-corrected chi connectivity index (χ2v) is 3.91. The van der Waals surface area contributed by atoms with E-state index in [1.165, 1.54) is 6.07 Å². The average Bonchev–Trinajstić information content (AvgIpc) is 2.35. The molecule has 2 aromatic rings. The molecule has 2 rings (SSSR count). The topological polar surface area (TPSA) is 9.23 Å². The largest absolute Gasteiger partial charge is 0.486 e. The van der Waals surface area contributed by atoms with Gasteiger partial charge >= 0.3 is 0 Å². The highest BCUT2D eigenvalue weighted by atomic mass is 19.1. The fourth-order valence-corrected chi connectivity index (χ4v) is 1.54. The lowest BCUT2D eigenvalue weighted by Crippen LogP contribution is -2.01. The number of ether oxygens (including phenoxy) is 1. The van der Waals surface area contributed by atoms with E-state index in [-0.39, 0.29) is 17.9 Å². The second-order valence-electron chi connectivity index (χ2n) is 3.91. The Morgan fingerprint density at radius 2 is 1.83 bits per heavy atom. The van der Waals surface area contributed by atoms with E-state index in [0.29, 0.717) is 5.56 Å². The maximum Gasteiger partial charge on any atom is 0.167 e. The monoisotopic (exact) mass is 252 g/mol. The molecule has 4 heteroatoms. The fourth-order valence-electron chi connectivity index (χ4n) is 1.54. The normalized spacial score (nSPS) is 10.4. The summed E-state index contributed by atoms with van der Waals surface area (Å²) >= 11 is 0. The van der Waals surface area contributed by atoms with Crippen molar-refractivity contribution >= 4 is 0 Å². The smallest absolute Gasteiger partial charge is 0.167 e. The summed E-state index contributed by atoms with van der Waals surface area (Å²) < 4.78 is 45.0. The summed E-state index contributed by atoms with van der Waals surface area (Å²) in [5.41, 5.74) is 0.489. The molecule has 0 aliphatic rings. The van der Waals surface area contributed by atoms with Crippen molar-refractivity contribution in [3.05, 3.63) is 65.0 Å². The van der Waals surface area contributed by atoms with Crippen LogP contribution in [0.2, 0.25) is 0 Å². The first kappa shape index (κ1) is 12.5. The summed E-state index contributed by atoms with van der Waals surface area (Å²) in [6, 6.07) is 7.75. The van der Waals surface area contributed by atoms with Crippen LogP contribution in [0.15, 0.2) is 36.4 Å². The van der Waals surface area contributed by atoms with Crippen LogP contribution in [-0.2, 0) is 6.61 Å². The van der Waals surface area contributed by atoms with Crippen molar-refractivity contribution in [2.75, 3.05) is 0 Å². The molecule has 0 aromatic heterocycles. The number of rotatable bonds is 3. The molecule has 0 bridgehead atoms. The van der Waals surface area contributed by atoms with Crippen molar-refractivity contribution in [1.29, 1.82) is 0 Å². The highest BCUT2D eigenvalue weighted by molar-refractivity contribution is 5.30. The molecule has 0 spiro atoms. The summed E-state index contributed by atoms with van der Waals surface area (Å²) in [4.78, 5) is 0. The van der Waals surface area contributed by atoms with E-state index in [1.54, 1.807) is 19.1 Å². The minimum atomic E-state index is -0.579. The van der Waals surface area contributed by atoms with Crippen LogP contribution in [0.3, 0.4) is 0 Å². The SMILES string of the molecule is Cc1cccc(OCc2cc(F)ccc2F)c1F. The first-order valence-electron chi connectivity index (χ1n) is 5.40. The molecule has 0 fully saturated rings.